The van der Waals surface area contributed by atoms with Crippen molar-refractivity contribution in [2.45, 2.75) is 11.9 Å². The highest BCUT2D eigenvalue weighted by Gasteiger charge is 2.05. The van der Waals surface area contributed by atoms with Gasteiger partial charge in [0.2, 0.25) is 5.88 Å². The van der Waals surface area contributed by atoms with Crippen LogP contribution in [0.3, 0.4) is 0 Å². The molecular weight excluding hydrogens is 270 g/mol. The van der Waals surface area contributed by atoms with E-state index in [-0.39, 0.29) is 0 Å². The van der Waals surface area contributed by atoms with Crippen LogP contribution in [0.15, 0.2) is 41.4 Å². The van der Waals surface area contributed by atoms with Gasteiger partial charge in [-0.15, -0.1) is 11.8 Å². The van der Waals surface area contributed by atoms with Crippen molar-refractivity contribution in [3.05, 3.63) is 42.2 Å². The van der Waals surface area contributed by atoms with Crippen LogP contribution in [0.5, 0.6) is 11.6 Å². The highest BCUT2D eigenvalue weighted by atomic mass is 32.2. The molecule has 0 radical (unpaired) electrons. The van der Waals surface area contributed by atoms with Gasteiger partial charge in [-0.2, -0.15) is 4.98 Å². The van der Waals surface area contributed by atoms with Crippen molar-refractivity contribution in [2.75, 3.05) is 26.4 Å². The van der Waals surface area contributed by atoms with Crippen LogP contribution in [0.25, 0.3) is 0 Å². The summed E-state index contributed by atoms with van der Waals surface area (Å²) in [6, 6.07) is 11.6. The summed E-state index contributed by atoms with van der Waals surface area (Å²) in [5, 5.41) is 0.949. The number of ether oxygens (including phenoxy) is 1. The van der Waals surface area contributed by atoms with Gasteiger partial charge in [0.15, 0.2) is 0 Å². The maximum absolute atomic E-state index is 5.75. The van der Waals surface area contributed by atoms with E-state index in [9.17, 15) is 0 Å². The summed E-state index contributed by atoms with van der Waals surface area (Å²) in [5.41, 5.74) is 0. The molecule has 106 valence electrons. The van der Waals surface area contributed by atoms with E-state index < -0.39 is 0 Å². The summed E-state index contributed by atoms with van der Waals surface area (Å²) >= 11 is 1.71. The number of rotatable bonds is 6. The molecule has 0 unspecified atom stereocenters. The molecule has 2 aromatic rings. The molecule has 1 heterocycles. The molecule has 0 atom stereocenters. The number of thioether (sulfide) groups is 1. The zero-order valence-electron chi connectivity index (χ0n) is 12.0. The molecule has 5 heteroatoms. The van der Waals surface area contributed by atoms with Crippen LogP contribution in [0.4, 0.5) is 0 Å². The van der Waals surface area contributed by atoms with Gasteiger partial charge < -0.3 is 9.64 Å². The molecule has 0 spiro atoms. The Morgan fingerprint density at radius 1 is 1.15 bits per heavy atom. The lowest BCUT2D eigenvalue weighted by atomic mass is 10.3. The highest BCUT2D eigenvalue weighted by molar-refractivity contribution is 7.99. The highest BCUT2D eigenvalue weighted by Crippen LogP contribution is 2.23. The predicted molar refractivity (Wildman–Crippen MR) is 82.6 cm³/mol. The van der Waals surface area contributed by atoms with E-state index in [1.165, 1.54) is 0 Å². The van der Waals surface area contributed by atoms with Crippen LogP contribution in [-0.2, 0) is 0 Å². The monoisotopic (exact) mass is 289 g/mol. The first-order valence-electron chi connectivity index (χ1n) is 6.49. The molecule has 0 aliphatic heterocycles. The van der Waals surface area contributed by atoms with Crippen LogP contribution in [0.2, 0.25) is 0 Å². The summed E-state index contributed by atoms with van der Waals surface area (Å²) in [7, 11) is 4.13. The van der Waals surface area contributed by atoms with E-state index in [0.717, 1.165) is 28.9 Å². The second kappa shape index (κ2) is 7.26. The van der Waals surface area contributed by atoms with Crippen LogP contribution in [0.1, 0.15) is 5.82 Å². The van der Waals surface area contributed by atoms with E-state index in [0.29, 0.717) is 5.88 Å². The second-order valence-electron chi connectivity index (χ2n) is 4.66. The molecule has 1 aromatic heterocycles. The Morgan fingerprint density at radius 3 is 2.60 bits per heavy atom. The molecule has 0 aliphatic carbocycles. The summed E-state index contributed by atoms with van der Waals surface area (Å²) in [5.74, 6) is 3.10. The van der Waals surface area contributed by atoms with Gasteiger partial charge in [-0.25, -0.2) is 4.98 Å². The minimum absolute atomic E-state index is 0.594. The lowest BCUT2D eigenvalue weighted by Gasteiger charge is -2.10. The van der Waals surface area contributed by atoms with Gasteiger partial charge in [0.25, 0.3) is 0 Å². The Bertz CT molecular complexity index is 546. The number of para-hydroxylation sites is 1. The zero-order valence-corrected chi connectivity index (χ0v) is 12.9. The molecule has 0 saturated carbocycles. The molecule has 0 amide bonds. The number of nitrogens with zero attached hydrogens (tertiary/aromatic N) is 3. The minimum Gasteiger partial charge on any atom is -0.439 e. The average molecular weight is 289 g/mol. The summed E-state index contributed by atoms with van der Waals surface area (Å²) < 4.78 is 5.75. The zero-order chi connectivity index (χ0) is 14.4. The fraction of sp³-hybridized carbons (Fsp3) is 0.333. The van der Waals surface area contributed by atoms with Crippen molar-refractivity contribution >= 4 is 11.8 Å². The molecule has 0 N–H and O–H groups in total. The Hall–Kier alpha value is -1.59. The first-order valence-corrected chi connectivity index (χ1v) is 7.48. The fourth-order valence-corrected chi connectivity index (χ4v) is 2.63. The van der Waals surface area contributed by atoms with Crippen molar-refractivity contribution in [1.82, 2.24) is 14.9 Å². The smallest absolute Gasteiger partial charge is 0.223 e. The summed E-state index contributed by atoms with van der Waals surface area (Å²) in [6.07, 6.45) is 0. The van der Waals surface area contributed by atoms with Crippen LogP contribution in [0, 0.1) is 6.92 Å². The molecule has 0 fully saturated rings. The van der Waals surface area contributed by atoms with Crippen molar-refractivity contribution < 1.29 is 4.74 Å². The first kappa shape index (κ1) is 14.8. The van der Waals surface area contributed by atoms with Gasteiger partial charge in [-0.05, 0) is 33.2 Å². The first-order chi connectivity index (χ1) is 9.63. The van der Waals surface area contributed by atoms with E-state index in [4.69, 9.17) is 4.74 Å². The van der Waals surface area contributed by atoms with Gasteiger partial charge in [-0.1, -0.05) is 18.2 Å². The normalized spacial score (nSPS) is 10.8. The predicted octanol–water partition coefficient (Wildman–Crippen LogP) is 3.23. The minimum atomic E-state index is 0.594. The quantitative estimate of drug-likeness (QED) is 0.603. The fourth-order valence-electron chi connectivity index (χ4n) is 1.58. The van der Waals surface area contributed by atoms with Gasteiger partial charge in [-0.3, -0.25) is 0 Å². The third kappa shape index (κ3) is 4.83. The molecule has 0 saturated heterocycles. The van der Waals surface area contributed by atoms with Gasteiger partial charge in [0.05, 0.1) is 0 Å². The van der Waals surface area contributed by atoms with E-state index >= 15 is 0 Å². The number of hydrogen-bond acceptors (Lipinski definition) is 5. The van der Waals surface area contributed by atoms with Crippen molar-refractivity contribution in [3.8, 4) is 11.6 Å². The van der Waals surface area contributed by atoms with Crippen molar-refractivity contribution in [2.24, 2.45) is 0 Å². The summed E-state index contributed by atoms with van der Waals surface area (Å²) in [6.45, 7) is 2.90. The third-order valence-corrected chi connectivity index (χ3v) is 3.44. The molecule has 0 bridgehead atoms. The molecule has 20 heavy (non-hydrogen) atoms. The average Bonchev–Trinajstić information content (AvgIpc) is 2.38. The van der Waals surface area contributed by atoms with E-state index in [1.54, 1.807) is 11.8 Å². The van der Waals surface area contributed by atoms with Crippen molar-refractivity contribution in [1.29, 1.82) is 0 Å². The molecular formula is C15H19N3OS. The van der Waals surface area contributed by atoms with Crippen LogP contribution >= 0.6 is 11.8 Å². The second-order valence-corrected chi connectivity index (χ2v) is 5.77. The molecule has 0 aliphatic rings. The molecule has 2 rings (SSSR count). The third-order valence-electron chi connectivity index (χ3n) is 2.55. The Balaban J connectivity index is 2.04. The van der Waals surface area contributed by atoms with Gasteiger partial charge in [0, 0.05) is 18.4 Å². The van der Waals surface area contributed by atoms with Crippen LogP contribution in [-0.4, -0.2) is 41.3 Å². The lowest BCUT2D eigenvalue weighted by Crippen LogP contribution is -2.14. The van der Waals surface area contributed by atoms with Gasteiger partial charge >= 0.3 is 0 Å². The number of aryl methyl sites for hydroxylation is 1. The largest absolute Gasteiger partial charge is 0.439 e. The maximum Gasteiger partial charge on any atom is 0.223 e. The molecule has 4 nitrogen and oxygen atoms in total. The standard InChI is InChI=1S/C15H19N3OS/c1-12-16-14(19-13-7-5-4-6-8-13)11-15(17-12)20-10-9-18(2)3/h4-8,11H,9-10H2,1-3H3. The summed E-state index contributed by atoms with van der Waals surface area (Å²) in [4.78, 5) is 10.9. The Labute approximate surface area is 124 Å². The van der Waals surface area contributed by atoms with E-state index in [2.05, 4.69) is 29.0 Å². The lowest BCUT2D eigenvalue weighted by molar-refractivity contribution is 0.437. The molecule has 1 aromatic carbocycles. The van der Waals surface area contributed by atoms with Crippen LogP contribution < -0.4 is 4.74 Å². The Kier molecular flexibility index (Phi) is 5.38. The van der Waals surface area contributed by atoms with E-state index in [1.807, 2.05) is 43.3 Å². The Morgan fingerprint density at radius 2 is 1.90 bits per heavy atom. The number of benzene rings is 1. The van der Waals surface area contributed by atoms with Gasteiger partial charge in [0.1, 0.15) is 16.6 Å². The topological polar surface area (TPSA) is 38.2 Å². The number of hydrogen-bond donors (Lipinski definition) is 0. The number of aromatic nitrogens is 2. The van der Waals surface area contributed by atoms with Crippen molar-refractivity contribution in [3.63, 3.8) is 0 Å². The SMILES string of the molecule is Cc1nc(Oc2ccccc2)cc(SCCN(C)C)n1. The maximum atomic E-state index is 5.75.